The molecular weight excluding hydrogens is 264 g/mol. The van der Waals surface area contributed by atoms with Gasteiger partial charge in [0.25, 0.3) is 5.91 Å². The Kier molecular flexibility index (Phi) is 2.52. The van der Waals surface area contributed by atoms with Crippen LogP contribution in [0.5, 0.6) is 0 Å². The fourth-order valence-corrected chi connectivity index (χ4v) is 1.94. The highest BCUT2D eigenvalue weighted by Gasteiger charge is 2.37. The number of nitrogens with two attached hydrogens (primary N) is 1. The Morgan fingerprint density at radius 1 is 1.60 bits per heavy atom. The molecule has 15 heavy (non-hydrogen) atoms. The lowest BCUT2D eigenvalue weighted by Gasteiger charge is -2.38. The largest absolute Gasteiger partial charge is 0.457 e. The molecule has 0 radical (unpaired) electrons. The highest BCUT2D eigenvalue weighted by atomic mass is 79.9. The van der Waals surface area contributed by atoms with Gasteiger partial charge in [-0.3, -0.25) is 9.59 Å². The highest BCUT2D eigenvalue weighted by molar-refractivity contribution is 9.10. The average molecular weight is 273 g/mol. The smallest absolute Gasteiger partial charge is 0.259 e. The molecule has 0 saturated carbocycles. The van der Waals surface area contributed by atoms with Crippen molar-refractivity contribution < 1.29 is 14.0 Å². The number of amides is 2. The first-order chi connectivity index (χ1) is 7.11. The third-order valence-corrected chi connectivity index (χ3v) is 3.07. The molecule has 1 fully saturated rings. The molecule has 2 heterocycles. The molecule has 2 amide bonds. The van der Waals surface area contributed by atoms with Crippen molar-refractivity contribution in [1.82, 2.24) is 4.90 Å². The van der Waals surface area contributed by atoms with Crippen LogP contribution in [0.1, 0.15) is 16.8 Å². The Bertz CT molecular complexity index is 415. The molecule has 1 aromatic heterocycles. The molecular formula is C9H9BrN2O3. The number of furan rings is 1. The standard InChI is InChI=1S/C9H9BrN2O3/c10-7-5(2-4-15-7)9(14)12-3-1-6(12)8(11)13/h2,4,6H,1,3H2,(H2,11,13). The number of carbonyl (C=O) groups is 2. The summed E-state index contributed by atoms with van der Waals surface area (Å²) in [5.74, 6) is -0.695. The Balaban J connectivity index is 2.16. The number of primary amides is 1. The Morgan fingerprint density at radius 3 is 2.73 bits per heavy atom. The molecule has 0 aliphatic carbocycles. The van der Waals surface area contributed by atoms with Gasteiger partial charge >= 0.3 is 0 Å². The molecule has 1 aromatic rings. The number of carbonyl (C=O) groups excluding carboxylic acids is 2. The van der Waals surface area contributed by atoms with Crippen LogP contribution in [0.4, 0.5) is 0 Å². The fourth-order valence-electron chi connectivity index (χ4n) is 1.53. The van der Waals surface area contributed by atoms with Crippen LogP contribution in [-0.2, 0) is 4.79 Å². The predicted octanol–water partition coefficient (Wildman–Crippen LogP) is 0.742. The van der Waals surface area contributed by atoms with Gasteiger partial charge in [-0.15, -0.1) is 0 Å². The van der Waals surface area contributed by atoms with Gasteiger partial charge < -0.3 is 15.1 Å². The van der Waals surface area contributed by atoms with Crippen LogP contribution in [-0.4, -0.2) is 29.3 Å². The number of hydrogen-bond acceptors (Lipinski definition) is 3. The Hall–Kier alpha value is -1.30. The van der Waals surface area contributed by atoms with Crippen LogP contribution in [0.15, 0.2) is 21.4 Å². The maximum atomic E-state index is 11.9. The lowest BCUT2D eigenvalue weighted by molar-refractivity contribution is -0.125. The first-order valence-electron chi connectivity index (χ1n) is 4.44. The third-order valence-electron chi connectivity index (χ3n) is 2.46. The van der Waals surface area contributed by atoms with Crippen LogP contribution >= 0.6 is 15.9 Å². The molecule has 0 bridgehead atoms. The minimum atomic E-state index is -0.473. The summed E-state index contributed by atoms with van der Waals surface area (Å²) < 4.78 is 5.33. The maximum Gasteiger partial charge on any atom is 0.259 e. The second kappa shape index (κ2) is 3.69. The molecule has 2 rings (SSSR count). The van der Waals surface area contributed by atoms with Gasteiger partial charge in [-0.05, 0) is 28.4 Å². The molecule has 80 valence electrons. The molecule has 5 nitrogen and oxygen atoms in total. The van der Waals surface area contributed by atoms with Crippen molar-refractivity contribution in [2.45, 2.75) is 12.5 Å². The number of rotatable bonds is 2. The highest BCUT2D eigenvalue weighted by Crippen LogP contribution is 2.25. The van der Waals surface area contributed by atoms with Crippen LogP contribution in [0, 0.1) is 0 Å². The summed E-state index contributed by atoms with van der Waals surface area (Å²) in [4.78, 5) is 24.2. The molecule has 1 saturated heterocycles. The summed E-state index contributed by atoms with van der Waals surface area (Å²) in [6.07, 6.45) is 2.05. The third kappa shape index (κ3) is 1.65. The number of nitrogens with zero attached hydrogens (tertiary/aromatic N) is 1. The molecule has 1 unspecified atom stereocenters. The van der Waals surface area contributed by atoms with E-state index in [1.807, 2.05) is 0 Å². The van der Waals surface area contributed by atoms with Crippen molar-refractivity contribution >= 4 is 27.7 Å². The van der Waals surface area contributed by atoms with Crippen LogP contribution in [0.25, 0.3) is 0 Å². The van der Waals surface area contributed by atoms with E-state index in [1.165, 1.54) is 11.2 Å². The minimum Gasteiger partial charge on any atom is -0.457 e. The molecule has 1 atom stereocenters. The van der Waals surface area contributed by atoms with E-state index in [0.29, 0.717) is 23.2 Å². The molecule has 6 heteroatoms. The second-order valence-electron chi connectivity index (χ2n) is 3.31. The predicted molar refractivity (Wildman–Crippen MR) is 55.0 cm³/mol. The monoisotopic (exact) mass is 272 g/mol. The quantitative estimate of drug-likeness (QED) is 0.863. The maximum absolute atomic E-state index is 11.9. The van der Waals surface area contributed by atoms with Crippen molar-refractivity contribution in [3.63, 3.8) is 0 Å². The summed E-state index contributed by atoms with van der Waals surface area (Å²) >= 11 is 3.12. The van der Waals surface area contributed by atoms with Gasteiger partial charge in [-0.1, -0.05) is 0 Å². The zero-order chi connectivity index (χ0) is 11.0. The first kappa shape index (κ1) is 10.2. The topological polar surface area (TPSA) is 76.5 Å². The lowest BCUT2D eigenvalue weighted by atomic mass is 10.0. The van der Waals surface area contributed by atoms with Gasteiger partial charge in [0.2, 0.25) is 5.91 Å². The van der Waals surface area contributed by atoms with Crippen LogP contribution in [0.2, 0.25) is 0 Å². The summed E-state index contributed by atoms with van der Waals surface area (Å²) in [6, 6.07) is 1.09. The number of hydrogen-bond donors (Lipinski definition) is 1. The van der Waals surface area contributed by atoms with Crippen molar-refractivity contribution in [2.75, 3.05) is 6.54 Å². The molecule has 0 aromatic carbocycles. The van der Waals surface area contributed by atoms with E-state index in [0.717, 1.165) is 0 Å². The van der Waals surface area contributed by atoms with Gasteiger partial charge in [0.05, 0.1) is 11.8 Å². The van der Waals surface area contributed by atoms with Crippen molar-refractivity contribution in [3.8, 4) is 0 Å². The molecule has 2 N–H and O–H groups in total. The Morgan fingerprint density at radius 2 is 2.33 bits per heavy atom. The van der Waals surface area contributed by atoms with E-state index in [-0.39, 0.29) is 5.91 Å². The first-order valence-corrected chi connectivity index (χ1v) is 5.24. The van der Waals surface area contributed by atoms with Gasteiger partial charge in [0.15, 0.2) is 4.67 Å². The van der Waals surface area contributed by atoms with E-state index in [1.54, 1.807) is 6.07 Å². The van der Waals surface area contributed by atoms with E-state index < -0.39 is 11.9 Å². The van der Waals surface area contributed by atoms with Gasteiger partial charge in [0.1, 0.15) is 6.04 Å². The van der Waals surface area contributed by atoms with Gasteiger partial charge in [-0.2, -0.15) is 0 Å². The summed E-state index contributed by atoms with van der Waals surface area (Å²) in [5.41, 5.74) is 5.57. The SMILES string of the molecule is NC(=O)C1CCN1C(=O)c1ccoc1Br. The molecule has 1 aliphatic rings. The summed E-state index contributed by atoms with van der Waals surface area (Å²) in [7, 11) is 0. The average Bonchev–Trinajstić information content (AvgIpc) is 2.47. The van der Waals surface area contributed by atoms with Gasteiger partial charge in [0, 0.05) is 6.54 Å². The second-order valence-corrected chi connectivity index (χ2v) is 4.03. The summed E-state index contributed by atoms with van der Waals surface area (Å²) in [6.45, 7) is 0.560. The van der Waals surface area contributed by atoms with E-state index >= 15 is 0 Å². The van der Waals surface area contributed by atoms with Gasteiger partial charge in [-0.25, -0.2) is 0 Å². The summed E-state index contributed by atoms with van der Waals surface area (Å²) in [5, 5.41) is 0. The lowest BCUT2D eigenvalue weighted by Crippen LogP contribution is -2.57. The van der Waals surface area contributed by atoms with E-state index in [9.17, 15) is 9.59 Å². The molecule has 0 spiro atoms. The number of halogens is 1. The zero-order valence-corrected chi connectivity index (χ0v) is 9.36. The van der Waals surface area contributed by atoms with Crippen LogP contribution in [0.3, 0.4) is 0 Å². The van der Waals surface area contributed by atoms with Crippen LogP contribution < -0.4 is 5.73 Å². The molecule has 1 aliphatic heterocycles. The zero-order valence-electron chi connectivity index (χ0n) is 7.77. The van der Waals surface area contributed by atoms with Crippen molar-refractivity contribution in [1.29, 1.82) is 0 Å². The number of likely N-dealkylation sites (tertiary alicyclic amines) is 1. The normalized spacial score (nSPS) is 19.8. The van der Waals surface area contributed by atoms with Crippen molar-refractivity contribution in [3.05, 3.63) is 22.6 Å². The Labute approximate surface area is 94.3 Å². The van der Waals surface area contributed by atoms with E-state index in [2.05, 4.69) is 15.9 Å². The van der Waals surface area contributed by atoms with E-state index in [4.69, 9.17) is 10.2 Å². The van der Waals surface area contributed by atoms with Crippen molar-refractivity contribution in [2.24, 2.45) is 5.73 Å². The fraction of sp³-hybridized carbons (Fsp3) is 0.333. The minimum absolute atomic E-state index is 0.231.